The van der Waals surface area contributed by atoms with Crippen LogP contribution < -0.4 is 0 Å². The maximum absolute atomic E-state index is 13.6. The Balaban J connectivity index is 1.38. The van der Waals surface area contributed by atoms with Crippen molar-refractivity contribution in [2.45, 2.75) is 44.3 Å². The lowest BCUT2D eigenvalue weighted by Crippen LogP contribution is -2.51. The SMILES string of the molecule is Cc1ccccc1CN1C[C@@H]2C[C@@H](C#Cc3ccccc3)N3CCC[C@@]23C1=O. The normalized spacial score (nSPS) is 28.8. The zero-order valence-corrected chi connectivity index (χ0v) is 16.4. The third-order valence-electron chi connectivity index (χ3n) is 6.91. The highest BCUT2D eigenvalue weighted by Crippen LogP contribution is 2.51. The molecule has 3 fully saturated rings. The number of rotatable bonds is 2. The first kappa shape index (κ1) is 17.5. The van der Waals surface area contributed by atoms with Gasteiger partial charge in [-0.15, -0.1) is 0 Å². The highest BCUT2D eigenvalue weighted by Gasteiger charge is 2.64. The number of carbonyl (C=O) groups is 1. The van der Waals surface area contributed by atoms with E-state index in [1.54, 1.807) is 0 Å². The fraction of sp³-hybridized carbons (Fsp3) is 0.400. The van der Waals surface area contributed by atoms with Gasteiger partial charge in [-0.05, 0) is 49.4 Å². The molecule has 3 nitrogen and oxygen atoms in total. The monoisotopic (exact) mass is 370 g/mol. The van der Waals surface area contributed by atoms with E-state index < -0.39 is 0 Å². The van der Waals surface area contributed by atoms with Crippen LogP contribution in [0.25, 0.3) is 0 Å². The average Bonchev–Trinajstić information content (AvgIpc) is 3.34. The van der Waals surface area contributed by atoms with Crippen molar-refractivity contribution in [3.05, 3.63) is 71.3 Å². The van der Waals surface area contributed by atoms with Gasteiger partial charge in [0.25, 0.3) is 0 Å². The van der Waals surface area contributed by atoms with Gasteiger partial charge in [-0.2, -0.15) is 0 Å². The predicted molar refractivity (Wildman–Crippen MR) is 110 cm³/mol. The van der Waals surface area contributed by atoms with Gasteiger partial charge in [0.05, 0.1) is 6.04 Å². The minimum Gasteiger partial charge on any atom is -0.336 e. The summed E-state index contributed by atoms with van der Waals surface area (Å²) >= 11 is 0. The molecule has 0 saturated carbocycles. The minimum absolute atomic E-state index is 0.206. The molecule has 3 aliphatic rings. The first-order chi connectivity index (χ1) is 13.7. The topological polar surface area (TPSA) is 23.6 Å². The van der Waals surface area contributed by atoms with Crippen molar-refractivity contribution >= 4 is 5.91 Å². The van der Waals surface area contributed by atoms with Gasteiger partial charge in [0.1, 0.15) is 5.54 Å². The summed E-state index contributed by atoms with van der Waals surface area (Å²) in [5.41, 5.74) is 3.29. The Hall–Kier alpha value is -2.57. The molecule has 0 N–H and O–H groups in total. The first-order valence-electron chi connectivity index (χ1n) is 10.4. The second kappa shape index (κ2) is 6.79. The molecule has 2 aromatic carbocycles. The minimum atomic E-state index is -0.293. The van der Waals surface area contributed by atoms with E-state index in [9.17, 15) is 4.79 Å². The molecule has 1 amide bonds. The highest BCUT2D eigenvalue weighted by molar-refractivity contribution is 5.90. The Morgan fingerprint density at radius 3 is 2.71 bits per heavy atom. The number of hydrogen-bond donors (Lipinski definition) is 0. The largest absolute Gasteiger partial charge is 0.336 e. The van der Waals surface area contributed by atoms with Gasteiger partial charge in [0.2, 0.25) is 5.91 Å². The third kappa shape index (κ3) is 2.67. The Kier molecular flexibility index (Phi) is 4.25. The van der Waals surface area contributed by atoms with E-state index in [4.69, 9.17) is 0 Å². The zero-order chi connectivity index (χ0) is 19.1. The van der Waals surface area contributed by atoms with Crippen molar-refractivity contribution in [1.29, 1.82) is 0 Å². The third-order valence-corrected chi connectivity index (χ3v) is 6.91. The molecule has 3 heterocycles. The Bertz CT molecular complexity index is 957. The molecular formula is C25H26N2O. The van der Waals surface area contributed by atoms with Crippen LogP contribution in [0.15, 0.2) is 54.6 Å². The van der Waals surface area contributed by atoms with Crippen LogP contribution in [-0.2, 0) is 11.3 Å². The van der Waals surface area contributed by atoms with Crippen LogP contribution in [0.4, 0.5) is 0 Å². The van der Waals surface area contributed by atoms with Crippen molar-refractivity contribution in [3.8, 4) is 11.8 Å². The van der Waals surface area contributed by atoms with Crippen LogP contribution in [0.2, 0.25) is 0 Å². The number of amides is 1. The molecule has 3 aliphatic heterocycles. The molecule has 1 spiro atoms. The Morgan fingerprint density at radius 1 is 1.11 bits per heavy atom. The van der Waals surface area contributed by atoms with Crippen LogP contribution in [0, 0.1) is 24.7 Å². The summed E-state index contributed by atoms with van der Waals surface area (Å²) in [5.74, 6) is 7.57. The average molecular weight is 370 g/mol. The van der Waals surface area contributed by atoms with Gasteiger partial charge in [0.15, 0.2) is 0 Å². The second-order valence-corrected chi connectivity index (χ2v) is 8.42. The molecule has 3 atom stereocenters. The molecule has 0 aliphatic carbocycles. The van der Waals surface area contributed by atoms with E-state index >= 15 is 0 Å². The number of carbonyl (C=O) groups excluding carboxylic acids is 1. The molecule has 142 valence electrons. The molecular weight excluding hydrogens is 344 g/mol. The summed E-state index contributed by atoms with van der Waals surface area (Å²) in [7, 11) is 0. The summed E-state index contributed by atoms with van der Waals surface area (Å²) < 4.78 is 0. The fourth-order valence-electron chi connectivity index (χ4n) is 5.53. The van der Waals surface area contributed by atoms with Gasteiger partial charge in [-0.25, -0.2) is 0 Å². The Morgan fingerprint density at radius 2 is 1.89 bits per heavy atom. The van der Waals surface area contributed by atoms with Crippen LogP contribution in [0.1, 0.15) is 36.0 Å². The van der Waals surface area contributed by atoms with E-state index in [0.717, 1.165) is 44.5 Å². The van der Waals surface area contributed by atoms with E-state index in [2.05, 4.69) is 65.0 Å². The van der Waals surface area contributed by atoms with Gasteiger partial charge < -0.3 is 4.90 Å². The maximum atomic E-state index is 13.6. The number of likely N-dealkylation sites (tertiary alicyclic amines) is 1. The summed E-state index contributed by atoms with van der Waals surface area (Å²) in [6.45, 7) is 4.73. The lowest BCUT2D eigenvalue weighted by molar-refractivity contribution is -0.137. The van der Waals surface area contributed by atoms with Crippen molar-refractivity contribution in [3.63, 3.8) is 0 Å². The first-order valence-corrected chi connectivity index (χ1v) is 10.4. The molecule has 5 rings (SSSR count). The van der Waals surface area contributed by atoms with E-state index in [1.165, 1.54) is 11.1 Å². The van der Waals surface area contributed by atoms with Crippen molar-refractivity contribution < 1.29 is 4.79 Å². The van der Waals surface area contributed by atoms with Crippen LogP contribution in [0.3, 0.4) is 0 Å². The van der Waals surface area contributed by atoms with Crippen LogP contribution in [0.5, 0.6) is 0 Å². The molecule has 3 saturated heterocycles. The van der Waals surface area contributed by atoms with Gasteiger partial charge in [-0.1, -0.05) is 54.3 Å². The second-order valence-electron chi connectivity index (χ2n) is 8.42. The number of benzene rings is 2. The van der Waals surface area contributed by atoms with E-state index in [-0.39, 0.29) is 11.6 Å². The predicted octanol–water partition coefficient (Wildman–Crippen LogP) is 3.61. The zero-order valence-electron chi connectivity index (χ0n) is 16.4. The van der Waals surface area contributed by atoms with E-state index in [1.807, 2.05) is 18.2 Å². The summed E-state index contributed by atoms with van der Waals surface area (Å²) in [4.78, 5) is 18.1. The molecule has 2 aromatic rings. The number of aryl methyl sites for hydroxylation is 1. The van der Waals surface area contributed by atoms with Crippen LogP contribution in [-0.4, -0.2) is 40.4 Å². The molecule has 3 heteroatoms. The van der Waals surface area contributed by atoms with E-state index in [0.29, 0.717) is 11.8 Å². The van der Waals surface area contributed by atoms with Crippen LogP contribution >= 0.6 is 0 Å². The van der Waals surface area contributed by atoms with Gasteiger partial charge in [-0.3, -0.25) is 9.69 Å². The van der Waals surface area contributed by atoms with Crippen molar-refractivity contribution in [1.82, 2.24) is 9.80 Å². The van der Waals surface area contributed by atoms with Crippen molar-refractivity contribution in [2.75, 3.05) is 13.1 Å². The smallest absolute Gasteiger partial charge is 0.243 e. The van der Waals surface area contributed by atoms with Gasteiger partial charge >= 0.3 is 0 Å². The maximum Gasteiger partial charge on any atom is 0.243 e. The lowest BCUT2D eigenvalue weighted by Gasteiger charge is -2.32. The summed E-state index contributed by atoms with van der Waals surface area (Å²) in [5, 5.41) is 0. The molecule has 0 bridgehead atoms. The molecule has 0 unspecified atom stereocenters. The lowest BCUT2D eigenvalue weighted by atomic mass is 9.86. The number of hydrogen-bond acceptors (Lipinski definition) is 2. The summed E-state index contributed by atoms with van der Waals surface area (Å²) in [6.07, 6.45) is 3.10. The number of nitrogens with zero attached hydrogens (tertiary/aromatic N) is 2. The van der Waals surface area contributed by atoms with Gasteiger partial charge in [0, 0.05) is 31.1 Å². The standard InChI is InChI=1S/C25H26N2O/c1-19-8-5-6-11-21(19)17-26-18-22-16-23(13-12-20-9-3-2-4-10-20)27-15-7-14-25(22,27)24(26)28/h2-6,8-11,22-23H,7,14-18H2,1H3/t22-,23+,25-/m0/s1. The molecule has 0 aromatic heterocycles. The highest BCUT2D eigenvalue weighted by atomic mass is 16.2. The van der Waals surface area contributed by atoms with Crippen molar-refractivity contribution in [2.24, 2.45) is 5.92 Å². The summed E-state index contributed by atoms with van der Waals surface area (Å²) in [6, 6.07) is 18.8. The molecule has 28 heavy (non-hydrogen) atoms. The fourth-order valence-corrected chi connectivity index (χ4v) is 5.53. The Labute approximate surface area is 167 Å². The quantitative estimate of drug-likeness (QED) is 0.754. The molecule has 0 radical (unpaired) electrons.